The third kappa shape index (κ3) is 2.39. The largest absolute Gasteiger partial charge is 0.373 e. The standard InChI is InChI=1S/C16H11Cl2FN2O/c17-10-5-6-11(13(18)9-10)16(22,15-20-7-8-21-15)12-3-1-2-4-14(12)19/h1-9,22H,(H,20,21). The summed E-state index contributed by atoms with van der Waals surface area (Å²) in [5.41, 5.74) is -1.51. The zero-order chi connectivity index (χ0) is 15.7. The van der Waals surface area contributed by atoms with E-state index in [2.05, 4.69) is 9.97 Å². The first-order valence-corrected chi connectivity index (χ1v) is 7.22. The lowest BCUT2D eigenvalue weighted by Gasteiger charge is -2.28. The van der Waals surface area contributed by atoms with Crippen LogP contribution in [0.1, 0.15) is 17.0 Å². The number of H-pyrrole nitrogens is 1. The Morgan fingerprint density at radius 1 is 1.09 bits per heavy atom. The van der Waals surface area contributed by atoms with Crippen molar-refractivity contribution in [1.29, 1.82) is 0 Å². The van der Waals surface area contributed by atoms with Crippen LogP contribution in [0.25, 0.3) is 0 Å². The Hall–Kier alpha value is -1.88. The summed E-state index contributed by atoms with van der Waals surface area (Å²) in [4.78, 5) is 6.91. The third-order valence-corrected chi connectivity index (χ3v) is 3.97. The van der Waals surface area contributed by atoms with Gasteiger partial charge in [0.05, 0.1) is 0 Å². The minimum absolute atomic E-state index is 0.0502. The van der Waals surface area contributed by atoms with E-state index in [1.807, 2.05) is 0 Å². The highest BCUT2D eigenvalue weighted by atomic mass is 35.5. The molecular weight excluding hydrogens is 326 g/mol. The lowest BCUT2D eigenvalue weighted by molar-refractivity contribution is 0.112. The summed E-state index contributed by atoms with van der Waals surface area (Å²) < 4.78 is 14.3. The lowest BCUT2D eigenvalue weighted by Crippen LogP contribution is -2.31. The van der Waals surface area contributed by atoms with Crippen LogP contribution in [-0.2, 0) is 5.60 Å². The molecule has 0 saturated carbocycles. The second kappa shape index (κ2) is 5.72. The average molecular weight is 337 g/mol. The summed E-state index contributed by atoms with van der Waals surface area (Å²) >= 11 is 12.1. The van der Waals surface area contributed by atoms with E-state index in [1.54, 1.807) is 30.5 Å². The minimum Gasteiger partial charge on any atom is -0.373 e. The number of nitrogens with one attached hydrogen (secondary N) is 1. The summed E-state index contributed by atoms with van der Waals surface area (Å²) in [6.45, 7) is 0. The Morgan fingerprint density at radius 3 is 2.50 bits per heavy atom. The van der Waals surface area contributed by atoms with Crippen molar-refractivity contribution in [2.45, 2.75) is 5.60 Å². The van der Waals surface area contributed by atoms with Gasteiger partial charge in [-0.1, -0.05) is 47.5 Å². The number of rotatable bonds is 3. The summed E-state index contributed by atoms with van der Waals surface area (Å²) in [6, 6.07) is 10.6. The number of imidazole rings is 1. The van der Waals surface area contributed by atoms with E-state index >= 15 is 0 Å². The fourth-order valence-corrected chi connectivity index (χ4v) is 2.95. The number of hydrogen-bond acceptors (Lipinski definition) is 2. The predicted molar refractivity (Wildman–Crippen MR) is 83.6 cm³/mol. The highest BCUT2D eigenvalue weighted by Crippen LogP contribution is 2.40. The Kier molecular flexibility index (Phi) is 3.91. The summed E-state index contributed by atoms with van der Waals surface area (Å²) in [7, 11) is 0. The zero-order valence-electron chi connectivity index (χ0n) is 11.2. The van der Waals surface area contributed by atoms with E-state index in [0.717, 1.165) is 0 Å². The lowest BCUT2D eigenvalue weighted by atomic mass is 9.85. The van der Waals surface area contributed by atoms with E-state index < -0.39 is 11.4 Å². The van der Waals surface area contributed by atoms with E-state index in [9.17, 15) is 9.50 Å². The van der Waals surface area contributed by atoms with Crippen LogP contribution in [0.5, 0.6) is 0 Å². The monoisotopic (exact) mass is 336 g/mol. The number of aromatic nitrogens is 2. The van der Waals surface area contributed by atoms with Gasteiger partial charge in [-0.3, -0.25) is 0 Å². The molecule has 0 amide bonds. The van der Waals surface area contributed by atoms with Crippen LogP contribution in [0.15, 0.2) is 54.9 Å². The Labute approximate surface area is 136 Å². The van der Waals surface area contributed by atoms with Crippen molar-refractivity contribution >= 4 is 23.2 Å². The molecule has 3 nitrogen and oxygen atoms in total. The van der Waals surface area contributed by atoms with Crippen molar-refractivity contribution in [1.82, 2.24) is 9.97 Å². The summed E-state index contributed by atoms with van der Waals surface area (Å²) in [6.07, 6.45) is 3.02. The molecule has 1 atom stereocenters. The molecule has 0 bridgehead atoms. The number of aromatic amines is 1. The summed E-state index contributed by atoms with van der Waals surface area (Å²) in [5, 5.41) is 11.9. The number of benzene rings is 2. The topological polar surface area (TPSA) is 48.9 Å². The molecule has 1 aromatic heterocycles. The molecule has 6 heteroatoms. The molecule has 3 rings (SSSR count). The molecule has 1 heterocycles. The van der Waals surface area contributed by atoms with Crippen molar-refractivity contribution in [2.75, 3.05) is 0 Å². The van der Waals surface area contributed by atoms with E-state index in [1.165, 1.54) is 24.4 Å². The molecule has 112 valence electrons. The van der Waals surface area contributed by atoms with Gasteiger partial charge in [0.1, 0.15) is 11.6 Å². The molecule has 2 N–H and O–H groups in total. The highest BCUT2D eigenvalue weighted by Gasteiger charge is 2.40. The molecule has 0 aliphatic carbocycles. The Bertz CT molecular complexity index is 808. The Balaban J connectivity index is 2.32. The van der Waals surface area contributed by atoms with Crippen molar-refractivity contribution in [3.63, 3.8) is 0 Å². The molecule has 2 aromatic carbocycles. The normalized spacial score (nSPS) is 13.8. The van der Waals surface area contributed by atoms with Crippen LogP contribution in [0.3, 0.4) is 0 Å². The van der Waals surface area contributed by atoms with Gasteiger partial charge in [-0.25, -0.2) is 9.37 Å². The van der Waals surface area contributed by atoms with Gasteiger partial charge in [-0.15, -0.1) is 0 Å². The molecule has 0 radical (unpaired) electrons. The van der Waals surface area contributed by atoms with Gasteiger partial charge in [0, 0.05) is 33.6 Å². The van der Waals surface area contributed by atoms with E-state index in [0.29, 0.717) is 10.6 Å². The van der Waals surface area contributed by atoms with Crippen LogP contribution in [0.4, 0.5) is 4.39 Å². The SMILES string of the molecule is OC(c1ncc[nH]1)(c1ccccc1F)c1ccc(Cl)cc1Cl. The van der Waals surface area contributed by atoms with Gasteiger partial charge >= 0.3 is 0 Å². The van der Waals surface area contributed by atoms with E-state index in [4.69, 9.17) is 23.2 Å². The number of aliphatic hydroxyl groups is 1. The van der Waals surface area contributed by atoms with Gasteiger partial charge in [0.25, 0.3) is 0 Å². The maximum absolute atomic E-state index is 14.3. The quantitative estimate of drug-likeness (QED) is 0.755. The van der Waals surface area contributed by atoms with Gasteiger partial charge < -0.3 is 10.1 Å². The van der Waals surface area contributed by atoms with Crippen LogP contribution in [0, 0.1) is 5.82 Å². The first-order valence-electron chi connectivity index (χ1n) is 6.46. The van der Waals surface area contributed by atoms with Crippen LogP contribution >= 0.6 is 23.2 Å². The van der Waals surface area contributed by atoms with Crippen molar-refractivity contribution in [3.8, 4) is 0 Å². The highest BCUT2D eigenvalue weighted by molar-refractivity contribution is 6.35. The number of halogens is 3. The number of hydrogen-bond donors (Lipinski definition) is 2. The molecule has 0 aliphatic rings. The second-order valence-electron chi connectivity index (χ2n) is 4.75. The van der Waals surface area contributed by atoms with E-state index in [-0.39, 0.29) is 16.4 Å². The van der Waals surface area contributed by atoms with Crippen molar-refractivity contribution in [2.24, 2.45) is 0 Å². The van der Waals surface area contributed by atoms with Crippen LogP contribution in [-0.4, -0.2) is 15.1 Å². The zero-order valence-corrected chi connectivity index (χ0v) is 12.7. The second-order valence-corrected chi connectivity index (χ2v) is 5.60. The molecule has 22 heavy (non-hydrogen) atoms. The molecule has 0 aliphatic heterocycles. The molecular formula is C16H11Cl2FN2O. The predicted octanol–water partition coefficient (Wildman–Crippen LogP) is 4.14. The van der Waals surface area contributed by atoms with Crippen LogP contribution < -0.4 is 0 Å². The summed E-state index contributed by atoms with van der Waals surface area (Å²) in [5.74, 6) is -0.394. The van der Waals surface area contributed by atoms with Gasteiger partial charge in [-0.2, -0.15) is 0 Å². The fraction of sp³-hybridized carbons (Fsp3) is 0.0625. The fourth-order valence-electron chi connectivity index (χ4n) is 2.40. The molecule has 0 spiro atoms. The maximum atomic E-state index is 14.3. The molecule has 3 aromatic rings. The maximum Gasteiger partial charge on any atom is 0.177 e. The first-order chi connectivity index (χ1) is 10.5. The van der Waals surface area contributed by atoms with Crippen molar-refractivity contribution in [3.05, 3.63) is 87.7 Å². The molecule has 0 saturated heterocycles. The smallest absolute Gasteiger partial charge is 0.177 e. The number of nitrogens with zero attached hydrogens (tertiary/aromatic N) is 1. The minimum atomic E-state index is -1.85. The van der Waals surface area contributed by atoms with Gasteiger partial charge in [0.2, 0.25) is 0 Å². The first kappa shape index (κ1) is 15.0. The average Bonchev–Trinajstić information content (AvgIpc) is 3.01. The van der Waals surface area contributed by atoms with Crippen molar-refractivity contribution < 1.29 is 9.50 Å². The molecule has 1 unspecified atom stereocenters. The molecule has 0 fully saturated rings. The third-order valence-electron chi connectivity index (χ3n) is 3.43. The van der Waals surface area contributed by atoms with Gasteiger partial charge in [-0.05, 0) is 18.2 Å². The van der Waals surface area contributed by atoms with Crippen LogP contribution in [0.2, 0.25) is 10.0 Å². The Morgan fingerprint density at radius 2 is 1.86 bits per heavy atom. The van der Waals surface area contributed by atoms with Gasteiger partial charge in [0.15, 0.2) is 5.60 Å².